The SMILES string of the molecule is Cc1cc(C)cc(NC(=O)N2CCC(c3nnc(-c4ccoc4)o3)CC2)c1. The molecule has 27 heavy (non-hydrogen) atoms. The number of carbonyl (C=O) groups is 1. The van der Waals surface area contributed by atoms with E-state index in [-0.39, 0.29) is 11.9 Å². The topological polar surface area (TPSA) is 84.4 Å². The molecule has 140 valence electrons. The normalized spacial score (nSPS) is 15.1. The molecule has 4 rings (SSSR count). The molecule has 2 amide bonds. The van der Waals surface area contributed by atoms with Gasteiger partial charge in [-0.2, -0.15) is 0 Å². The van der Waals surface area contributed by atoms with Crippen molar-refractivity contribution in [1.29, 1.82) is 0 Å². The van der Waals surface area contributed by atoms with E-state index in [4.69, 9.17) is 8.83 Å². The van der Waals surface area contributed by atoms with Crippen molar-refractivity contribution in [3.05, 3.63) is 53.8 Å². The summed E-state index contributed by atoms with van der Waals surface area (Å²) >= 11 is 0. The molecule has 0 aliphatic carbocycles. The molecule has 3 aromatic rings. The molecule has 0 spiro atoms. The Morgan fingerprint density at radius 1 is 1.15 bits per heavy atom. The van der Waals surface area contributed by atoms with Gasteiger partial charge in [0.2, 0.25) is 5.89 Å². The third-order valence-corrected chi connectivity index (χ3v) is 4.81. The third-order valence-electron chi connectivity index (χ3n) is 4.81. The van der Waals surface area contributed by atoms with Gasteiger partial charge in [-0.05, 0) is 56.0 Å². The minimum absolute atomic E-state index is 0.0666. The highest BCUT2D eigenvalue weighted by Crippen LogP contribution is 2.29. The highest BCUT2D eigenvalue weighted by molar-refractivity contribution is 5.89. The van der Waals surface area contributed by atoms with Gasteiger partial charge < -0.3 is 19.1 Å². The second-order valence-electron chi connectivity index (χ2n) is 7.03. The Morgan fingerprint density at radius 3 is 2.56 bits per heavy atom. The van der Waals surface area contributed by atoms with Crippen molar-refractivity contribution in [1.82, 2.24) is 15.1 Å². The van der Waals surface area contributed by atoms with E-state index in [2.05, 4.69) is 21.6 Å². The first kappa shape index (κ1) is 17.3. The van der Waals surface area contributed by atoms with E-state index >= 15 is 0 Å². The number of furan rings is 1. The van der Waals surface area contributed by atoms with Gasteiger partial charge in [-0.15, -0.1) is 10.2 Å². The molecular weight excluding hydrogens is 344 g/mol. The Bertz CT molecular complexity index is 904. The maximum Gasteiger partial charge on any atom is 0.321 e. The Hall–Kier alpha value is -3.09. The van der Waals surface area contributed by atoms with E-state index in [1.54, 1.807) is 18.6 Å². The first-order chi connectivity index (χ1) is 13.1. The fraction of sp³-hybridized carbons (Fsp3) is 0.350. The Kier molecular flexibility index (Phi) is 4.66. The zero-order valence-electron chi connectivity index (χ0n) is 15.4. The van der Waals surface area contributed by atoms with E-state index in [1.165, 1.54) is 0 Å². The van der Waals surface area contributed by atoms with E-state index < -0.39 is 0 Å². The molecule has 7 heteroatoms. The number of rotatable bonds is 3. The van der Waals surface area contributed by atoms with Crippen LogP contribution in [-0.2, 0) is 0 Å². The Balaban J connectivity index is 1.35. The van der Waals surface area contributed by atoms with Crippen LogP contribution >= 0.6 is 0 Å². The molecule has 1 N–H and O–H groups in total. The van der Waals surface area contributed by atoms with E-state index in [1.807, 2.05) is 30.9 Å². The fourth-order valence-electron chi connectivity index (χ4n) is 3.48. The molecule has 3 heterocycles. The summed E-state index contributed by atoms with van der Waals surface area (Å²) < 4.78 is 10.8. The molecule has 1 saturated heterocycles. The molecule has 7 nitrogen and oxygen atoms in total. The smallest absolute Gasteiger partial charge is 0.321 e. The summed E-state index contributed by atoms with van der Waals surface area (Å²) in [6.07, 6.45) is 4.75. The predicted octanol–water partition coefficient (Wildman–Crippen LogP) is 4.36. The average molecular weight is 366 g/mol. The van der Waals surface area contributed by atoms with Crippen molar-refractivity contribution in [3.8, 4) is 11.5 Å². The van der Waals surface area contributed by atoms with Gasteiger partial charge in [-0.25, -0.2) is 4.79 Å². The quantitative estimate of drug-likeness (QED) is 0.744. The zero-order valence-corrected chi connectivity index (χ0v) is 15.4. The molecule has 0 saturated carbocycles. The van der Waals surface area contributed by atoms with Crippen LogP contribution in [0.15, 0.2) is 45.6 Å². The van der Waals surface area contributed by atoms with Gasteiger partial charge in [0.1, 0.15) is 6.26 Å². The summed E-state index contributed by atoms with van der Waals surface area (Å²) in [5.41, 5.74) is 3.88. The lowest BCUT2D eigenvalue weighted by Crippen LogP contribution is -2.40. The number of hydrogen-bond acceptors (Lipinski definition) is 5. The van der Waals surface area contributed by atoms with Gasteiger partial charge in [-0.3, -0.25) is 0 Å². The fourth-order valence-corrected chi connectivity index (χ4v) is 3.48. The summed E-state index contributed by atoms with van der Waals surface area (Å²) in [5, 5.41) is 11.3. The number of amides is 2. The monoisotopic (exact) mass is 366 g/mol. The molecule has 0 bridgehead atoms. The van der Waals surface area contributed by atoms with E-state index in [0.717, 1.165) is 35.2 Å². The van der Waals surface area contributed by atoms with E-state index in [9.17, 15) is 4.79 Å². The van der Waals surface area contributed by atoms with Crippen molar-refractivity contribution in [2.24, 2.45) is 0 Å². The second-order valence-corrected chi connectivity index (χ2v) is 7.03. The first-order valence-electron chi connectivity index (χ1n) is 9.08. The highest BCUT2D eigenvalue weighted by atomic mass is 16.4. The van der Waals surface area contributed by atoms with Gasteiger partial charge in [0.05, 0.1) is 11.8 Å². The maximum atomic E-state index is 12.5. The van der Waals surface area contributed by atoms with Crippen LogP contribution in [0, 0.1) is 13.8 Å². The lowest BCUT2D eigenvalue weighted by atomic mass is 9.97. The maximum absolute atomic E-state index is 12.5. The van der Waals surface area contributed by atoms with Crippen molar-refractivity contribution >= 4 is 11.7 Å². The Morgan fingerprint density at radius 2 is 1.89 bits per heavy atom. The highest BCUT2D eigenvalue weighted by Gasteiger charge is 2.27. The molecule has 1 fully saturated rings. The van der Waals surface area contributed by atoms with Gasteiger partial charge in [0.25, 0.3) is 5.89 Å². The van der Waals surface area contributed by atoms with Crippen LogP contribution < -0.4 is 5.32 Å². The van der Waals surface area contributed by atoms with Crippen molar-refractivity contribution in [2.75, 3.05) is 18.4 Å². The number of carbonyl (C=O) groups excluding carboxylic acids is 1. The molecule has 1 aliphatic heterocycles. The van der Waals surface area contributed by atoms with Crippen molar-refractivity contribution < 1.29 is 13.6 Å². The standard InChI is InChI=1S/C20H22N4O3/c1-13-9-14(2)11-17(10-13)21-20(25)24-6-3-15(4-7-24)18-22-23-19(27-18)16-5-8-26-12-16/h5,8-12,15H,3-4,6-7H2,1-2H3,(H,21,25). The number of nitrogens with zero attached hydrogens (tertiary/aromatic N) is 3. The van der Waals surface area contributed by atoms with Crippen LogP contribution in [0.1, 0.15) is 35.8 Å². The molecular formula is C20H22N4O3. The van der Waals surface area contributed by atoms with Crippen molar-refractivity contribution in [3.63, 3.8) is 0 Å². The molecule has 0 atom stereocenters. The lowest BCUT2D eigenvalue weighted by molar-refractivity contribution is 0.190. The van der Waals surface area contributed by atoms with Crippen LogP contribution in [0.2, 0.25) is 0 Å². The largest absolute Gasteiger partial charge is 0.472 e. The van der Waals surface area contributed by atoms with Crippen molar-refractivity contribution in [2.45, 2.75) is 32.6 Å². The number of piperidine rings is 1. The number of likely N-dealkylation sites (tertiary alicyclic amines) is 1. The minimum atomic E-state index is -0.0666. The van der Waals surface area contributed by atoms with Crippen LogP contribution in [-0.4, -0.2) is 34.2 Å². The third kappa shape index (κ3) is 3.86. The van der Waals surface area contributed by atoms with E-state index in [0.29, 0.717) is 24.9 Å². The van der Waals surface area contributed by atoms with Gasteiger partial charge in [0.15, 0.2) is 0 Å². The molecule has 1 aliphatic rings. The second kappa shape index (κ2) is 7.26. The van der Waals surface area contributed by atoms with Crippen LogP contribution in [0.5, 0.6) is 0 Å². The number of aromatic nitrogens is 2. The first-order valence-corrected chi connectivity index (χ1v) is 9.08. The van der Waals surface area contributed by atoms with Crippen LogP contribution in [0.25, 0.3) is 11.5 Å². The predicted molar refractivity (Wildman–Crippen MR) is 100 cm³/mol. The number of anilines is 1. The number of aryl methyl sites for hydroxylation is 2. The van der Waals surface area contributed by atoms with Gasteiger partial charge >= 0.3 is 6.03 Å². The number of hydrogen-bond donors (Lipinski definition) is 1. The summed E-state index contributed by atoms with van der Waals surface area (Å²) in [6, 6.07) is 7.77. The molecule has 0 unspecified atom stereocenters. The Labute approximate surface area is 157 Å². The molecule has 2 aromatic heterocycles. The van der Waals surface area contributed by atoms with Gasteiger partial charge in [-0.1, -0.05) is 6.07 Å². The number of urea groups is 1. The summed E-state index contributed by atoms with van der Waals surface area (Å²) in [7, 11) is 0. The number of nitrogens with one attached hydrogen (secondary N) is 1. The summed E-state index contributed by atoms with van der Waals surface area (Å²) in [4.78, 5) is 14.4. The lowest BCUT2D eigenvalue weighted by Gasteiger charge is -2.30. The summed E-state index contributed by atoms with van der Waals surface area (Å²) in [6.45, 7) is 5.36. The molecule has 1 aromatic carbocycles. The zero-order chi connectivity index (χ0) is 18.8. The molecule has 0 radical (unpaired) electrons. The number of benzene rings is 1. The summed E-state index contributed by atoms with van der Waals surface area (Å²) in [5.74, 6) is 1.26. The minimum Gasteiger partial charge on any atom is -0.472 e. The van der Waals surface area contributed by atoms with Crippen LogP contribution in [0.3, 0.4) is 0 Å². The van der Waals surface area contributed by atoms with Crippen LogP contribution in [0.4, 0.5) is 10.5 Å². The van der Waals surface area contributed by atoms with Gasteiger partial charge in [0, 0.05) is 24.7 Å². The average Bonchev–Trinajstić information content (AvgIpc) is 3.32.